The maximum atomic E-state index is 12.5. The summed E-state index contributed by atoms with van der Waals surface area (Å²) < 4.78 is 5.06. The Morgan fingerprint density at radius 2 is 1.92 bits per heavy atom. The van der Waals surface area contributed by atoms with Crippen molar-refractivity contribution in [3.05, 3.63) is 56.8 Å². The SMILES string of the molecule is O=C(OCC(=O)N1CCCc2ccccc21)c1ncc(Cl)c(Cl)c1Cl. The van der Waals surface area contributed by atoms with Gasteiger partial charge in [-0.15, -0.1) is 0 Å². The topological polar surface area (TPSA) is 59.5 Å². The van der Waals surface area contributed by atoms with Crippen molar-refractivity contribution in [2.24, 2.45) is 0 Å². The van der Waals surface area contributed by atoms with E-state index in [1.54, 1.807) is 4.90 Å². The molecule has 0 aliphatic carbocycles. The molecule has 0 atom stereocenters. The Morgan fingerprint density at radius 1 is 1.16 bits per heavy atom. The lowest BCUT2D eigenvalue weighted by Gasteiger charge is -2.29. The maximum Gasteiger partial charge on any atom is 0.359 e. The van der Waals surface area contributed by atoms with Crippen LogP contribution in [0.25, 0.3) is 0 Å². The number of fused-ring (bicyclic) bond motifs is 1. The number of carbonyl (C=O) groups excluding carboxylic acids is 2. The molecule has 0 unspecified atom stereocenters. The summed E-state index contributed by atoms with van der Waals surface area (Å²) in [4.78, 5) is 30.0. The summed E-state index contributed by atoms with van der Waals surface area (Å²) in [5, 5.41) is 0.0423. The van der Waals surface area contributed by atoms with Gasteiger partial charge in [-0.1, -0.05) is 53.0 Å². The quantitative estimate of drug-likeness (QED) is 0.727. The molecule has 0 spiro atoms. The standard InChI is InChI=1S/C17H13Cl3N2O3/c18-11-8-21-16(15(20)14(11)19)17(24)25-9-13(23)22-7-3-5-10-4-1-2-6-12(10)22/h1-2,4,6,8H,3,5,7,9H2. The number of rotatable bonds is 3. The number of ether oxygens (including phenoxy) is 1. The molecule has 1 aromatic heterocycles. The summed E-state index contributed by atoms with van der Waals surface area (Å²) >= 11 is 17.6. The number of hydrogen-bond acceptors (Lipinski definition) is 4. The fourth-order valence-corrected chi connectivity index (χ4v) is 3.21. The zero-order chi connectivity index (χ0) is 18.0. The van der Waals surface area contributed by atoms with Gasteiger partial charge in [0.15, 0.2) is 12.3 Å². The van der Waals surface area contributed by atoms with Crippen LogP contribution in [0, 0.1) is 0 Å². The summed E-state index contributed by atoms with van der Waals surface area (Å²) in [5.74, 6) is -1.14. The van der Waals surface area contributed by atoms with Gasteiger partial charge in [0.25, 0.3) is 5.91 Å². The minimum Gasteiger partial charge on any atom is -0.451 e. The smallest absolute Gasteiger partial charge is 0.359 e. The number of pyridine rings is 1. The zero-order valence-corrected chi connectivity index (χ0v) is 15.2. The molecule has 8 heteroatoms. The molecule has 2 heterocycles. The number of anilines is 1. The lowest BCUT2D eigenvalue weighted by molar-refractivity contribution is -0.121. The van der Waals surface area contributed by atoms with Gasteiger partial charge in [0, 0.05) is 18.4 Å². The van der Waals surface area contributed by atoms with Crippen molar-refractivity contribution in [3.63, 3.8) is 0 Å². The number of amides is 1. The van der Waals surface area contributed by atoms with Gasteiger partial charge in [0.2, 0.25) is 0 Å². The van der Waals surface area contributed by atoms with Gasteiger partial charge in [-0.05, 0) is 24.5 Å². The molecule has 1 amide bonds. The molecule has 5 nitrogen and oxygen atoms in total. The molecule has 0 saturated heterocycles. The lowest BCUT2D eigenvalue weighted by Crippen LogP contribution is -2.38. The van der Waals surface area contributed by atoms with Crippen LogP contribution in [0.3, 0.4) is 0 Å². The molecule has 0 N–H and O–H groups in total. The van der Waals surface area contributed by atoms with E-state index in [-0.39, 0.29) is 26.7 Å². The highest BCUT2D eigenvalue weighted by molar-refractivity contribution is 6.48. The fourth-order valence-electron chi connectivity index (χ4n) is 2.65. The molecule has 130 valence electrons. The minimum absolute atomic E-state index is 0.0153. The Labute approximate surface area is 159 Å². The number of esters is 1. The van der Waals surface area contributed by atoms with Crippen LogP contribution in [-0.4, -0.2) is 30.0 Å². The number of carbonyl (C=O) groups is 2. The molecule has 0 bridgehead atoms. The van der Waals surface area contributed by atoms with Crippen LogP contribution in [0.15, 0.2) is 30.5 Å². The number of hydrogen-bond donors (Lipinski definition) is 0. The highest BCUT2D eigenvalue weighted by atomic mass is 35.5. The maximum absolute atomic E-state index is 12.5. The number of halogens is 3. The second kappa shape index (κ2) is 7.60. The Hall–Kier alpha value is -1.82. The first kappa shape index (κ1) is 18.0. The first-order chi connectivity index (χ1) is 12.0. The van der Waals surface area contributed by atoms with E-state index in [4.69, 9.17) is 39.5 Å². The van der Waals surface area contributed by atoms with Gasteiger partial charge in [-0.2, -0.15) is 0 Å². The summed E-state index contributed by atoms with van der Waals surface area (Å²) in [5.41, 5.74) is 1.77. The predicted octanol–water partition coefficient (Wildman–Crippen LogP) is 4.18. The van der Waals surface area contributed by atoms with E-state index in [0.29, 0.717) is 6.54 Å². The van der Waals surface area contributed by atoms with Crippen LogP contribution in [0.2, 0.25) is 15.1 Å². The van der Waals surface area contributed by atoms with Gasteiger partial charge in [-0.25, -0.2) is 9.78 Å². The molecule has 3 rings (SSSR count). The molecular weight excluding hydrogens is 387 g/mol. The summed E-state index contributed by atoms with van der Waals surface area (Å²) in [6, 6.07) is 7.67. The van der Waals surface area contributed by atoms with Crippen LogP contribution in [0.5, 0.6) is 0 Å². The van der Waals surface area contributed by atoms with E-state index in [1.807, 2.05) is 24.3 Å². The van der Waals surface area contributed by atoms with Crippen molar-refractivity contribution in [1.82, 2.24) is 4.98 Å². The number of aryl methyl sites for hydroxylation is 1. The molecule has 0 radical (unpaired) electrons. The Kier molecular flexibility index (Phi) is 5.47. The molecule has 2 aromatic rings. The Bertz CT molecular complexity index is 842. The fraction of sp³-hybridized carbons (Fsp3) is 0.235. The van der Waals surface area contributed by atoms with Crippen molar-refractivity contribution in [3.8, 4) is 0 Å². The van der Waals surface area contributed by atoms with Gasteiger partial charge < -0.3 is 9.64 Å². The van der Waals surface area contributed by atoms with Gasteiger partial charge in [0.1, 0.15) is 0 Å². The second-order valence-corrected chi connectivity index (χ2v) is 6.60. The molecule has 1 aliphatic rings. The average Bonchev–Trinajstić information content (AvgIpc) is 2.63. The van der Waals surface area contributed by atoms with E-state index in [2.05, 4.69) is 4.98 Å². The number of nitrogens with zero attached hydrogens (tertiary/aromatic N) is 2. The summed E-state index contributed by atoms with van der Waals surface area (Å²) in [6.07, 6.45) is 2.98. The third-order valence-electron chi connectivity index (χ3n) is 3.85. The van der Waals surface area contributed by atoms with E-state index >= 15 is 0 Å². The minimum atomic E-state index is -0.831. The molecular formula is C17H13Cl3N2O3. The van der Waals surface area contributed by atoms with Crippen molar-refractivity contribution in [2.75, 3.05) is 18.1 Å². The van der Waals surface area contributed by atoms with E-state index in [1.165, 1.54) is 6.20 Å². The third kappa shape index (κ3) is 3.73. The predicted molar refractivity (Wildman–Crippen MR) is 96.7 cm³/mol. The monoisotopic (exact) mass is 398 g/mol. The number of para-hydroxylation sites is 1. The molecule has 1 aromatic carbocycles. The van der Waals surface area contributed by atoms with E-state index in [0.717, 1.165) is 24.1 Å². The first-order valence-electron chi connectivity index (χ1n) is 7.54. The van der Waals surface area contributed by atoms with Crippen LogP contribution >= 0.6 is 34.8 Å². The van der Waals surface area contributed by atoms with Crippen molar-refractivity contribution < 1.29 is 14.3 Å². The molecule has 0 saturated carbocycles. The summed E-state index contributed by atoms with van der Waals surface area (Å²) in [6.45, 7) is 0.171. The van der Waals surface area contributed by atoms with Crippen molar-refractivity contribution in [1.29, 1.82) is 0 Å². The van der Waals surface area contributed by atoms with Gasteiger partial charge in [0.05, 0.1) is 15.1 Å². The van der Waals surface area contributed by atoms with E-state index in [9.17, 15) is 9.59 Å². The highest BCUT2D eigenvalue weighted by Crippen LogP contribution is 2.31. The van der Waals surface area contributed by atoms with Crippen molar-refractivity contribution in [2.45, 2.75) is 12.8 Å². The van der Waals surface area contributed by atoms with Gasteiger partial charge >= 0.3 is 5.97 Å². The first-order valence-corrected chi connectivity index (χ1v) is 8.67. The Balaban J connectivity index is 1.69. The van der Waals surface area contributed by atoms with E-state index < -0.39 is 12.6 Å². The molecule has 0 fully saturated rings. The second-order valence-electron chi connectivity index (χ2n) is 5.44. The molecule has 25 heavy (non-hydrogen) atoms. The number of benzene rings is 1. The third-order valence-corrected chi connectivity index (χ3v) is 5.09. The van der Waals surface area contributed by atoms with Crippen LogP contribution in [0.4, 0.5) is 5.69 Å². The average molecular weight is 400 g/mol. The lowest BCUT2D eigenvalue weighted by atomic mass is 10.0. The van der Waals surface area contributed by atoms with Crippen LogP contribution in [-0.2, 0) is 16.0 Å². The van der Waals surface area contributed by atoms with Crippen LogP contribution < -0.4 is 4.90 Å². The van der Waals surface area contributed by atoms with Crippen molar-refractivity contribution >= 4 is 52.4 Å². The Morgan fingerprint density at radius 3 is 2.72 bits per heavy atom. The molecule has 1 aliphatic heterocycles. The zero-order valence-electron chi connectivity index (χ0n) is 13.0. The van der Waals surface area contributed by atoms with Gasteiger partial charge in [-0.3, -0.25) is 4.79 Å². The van der Waals surface area contributed by atoms with Crippen LogP contribution in [0.1, 0.15) is 22.5 Å². The number of aromatic nitrogens is 1. The largest absolute Gasteiger partial charge is 0.451 e. The summed E-state index contributed by atoms with van der Waals surface area (Å²) in [7, 11) is 0. The highest BCUT2D eigenvalue weighted by Gasteiger charge is 2.24. The normalized spacial score (nSPS) is 13.3.